The van der Waals surface area contributed by atoms with E-state index in [9.17, 15) is 0 Å². The van der Waals surface area contributed by atoms with Gasteiger partial charge in [0.2, 0.25) is 0 Å². The van der Waals surface area contributed by atoms with E-state index in [0.29, 0.717) is 5.41 Å². The second kappa shape index (κ2) is 5.46. The van der Waals surface area contributed by atoms with E-state index in [0.717, 1.165) is 23.5 Å². The summed E-state index contributed by atoms with van der Waals surface area (Å²) in [6.07, 6.45) is 8.02. The van der Waals surface area contributed by atoms with Gasteiger partial charge in [0.05, 0.1) is 0 Å². The first kappa shape index (κ1) is 13.5. The molecular formula is C17H24ClN. The normalized spacial score (nSPS) is 31.4. The van der Waals surface area contributed by atoms with Crippen LogP contribution in [0, 0.1) is 5.92 Å². The van der Waals surface area contributed by atoms with E-state index in [-0.39, 0.29) is 0 Å². The van der Waals surface area contributed by atoms with Gasteiger partial charge in [-0.15, -0.1) is 0 Å². The third-order valence-corrected chi connectivity index (χ3v) is 5.21. The first-order valence-corrected chi connectivity index (χ1v) is 8.05. The lowest BCUT2D eigenvalue weighted by Crippen LogP contribution is -2.41. The van der Waals surface area contributed by atoms with E-state index in [2.05, 4.69) is 30.4 Å². The lowest BCUT2D eigenvalue weighted by molar-refractivity contribution is 0.233. The van der Waals surface area contributed by atoms with Crippen LogP contribution in [0.1, 0.15) is 51.0 Å². The molecule has 1 aromatic carbocycles. The minimum absolute atomic E-state index is 0.319. The maximum atomic E-state index is 6.21. The quantitative estimate of drug-likeness (QED) is 0.852. The minimum Gasteiger partial charge on any atom is -0.313 e. The largest absolute Gasteiger partial charge is 0.313 e. The molecule has 3 rings (SSSR count). The number of nitrogens with one attached hydrogen (secondary N) is 1. The first-order chi connectivity index (χ1) is 9.18. The summed E-state index contributed by atoms with van der Waals surface area (Å²) in [7, 11) is 0. The molecule has 2 saturated carbocycles. The van der Waals surface area contributed by atoms with Crippen LogP contribution >= 0.6 is 11.6 Å². The van der Waals surface area contributed by atoms with E-state index < -0.39 is 0 Å². The molecule has 2 heteroatoms. The molecule has 19 heavy (non-hydrogen) atoms. The molecule has 1 aromatic rings. The van der Waals surface area contributed by atoms with Crippen molar-refractivity contribution < 1.29 is 0 Å². The van der Waals surface area contributed by atoms with Crippen molar-refractivity contribution in [2.45, 2.75) is 56.9 Å². The van der Waals surface area contributed by atoms with Crippen LogP contribution in [0.25, 0.3) is 0 Å². The lowest BCUT2D eigenvalue weighted by Gasteiger charge is -2.40. The topological polar surface area (TPSA) is 12.0 Å². The predicted octanol–water partition coefficient (Wildman–Crippen LogP) is 4.54. The molecule has 0 unspecified atom stereocenters. The van der Waals surface area contributed by atoms with Crippen LogP contribution in [0.2, 0.25) is 5.02 Å². The van der Waals surface area contributed by atoms with Crippen LogP contribution in [0.4, 0.5) is 0 Å². The van der Waals surface area contributed by atoms with E-state index in [1.54, 1.807) is 0 Å². The van der Waals surface area contributed by atoms with Gasteiger partial charge >= 0.3 is 0 Å². The summed E-state index contributed by atoms with van der Waals surface area (Å²) in [6, 6.07) is 9.34. The van der Waals surface area contributed by atoms with Crippen LogP contribution in [0.5, 0.6) is 0 Å². The highest BCUT2D eigenvalue weighted by Gasteiger charge is 2.37. The Labute approximate surface area is 121 Å². The number of benzene rings is 1. The van der Waals surface area contributed by atoms with Gasteiger partial charge in [0.25, 0.3) is 0 Å². The Morgan fingerprint density at radius 3 is 2.58 bits per heavy atom. The van der Waals surface area contributed by atoms with E-state index >= 15 is 0 Å². The van der Waals surface area contributed by atoms with Crippen molar-refractivity contribution in [2.75, 3.05) is 6.54 Å². The van der Waals surface area contributed by atoms with Crippen molar-refractivity contribution in [1.29, 1.82) is 0 Å². The van der Waals surface area contributed by atoms with Crippen molar-refractivity contribution in [3.63, 3.8) is 0 Å². The summed E-state index contributed by atoms with van der Waals surface area (Å²) >= 11 is 6.21. The van der Waals surface area contributed by atoms with E-state index in [4.69, 9.17) is 11.6 Å². The maximum absolute atomic E-state index is 6.21. The molecule has 1 nitrogen and oxygen atoms in total. The molecule has 104 valence electrons. The van der Waals surface area contributed by atoms with Crippen LogP contribution in [0.15, 0.2) is 24.3 Å². The molecule has 0 radical (unpaired) electrons. The van der Waals surface area contributed by atoms with Crippen LogP contribution < -0.4 is 5.32 Å². The van der Waals surface area contributed by atoms with Crippen LogP contribution in [-0.4, -0.2) is 12.6 Å². The van der Waals surface area contributed by atoms with E-state index in [1.165, 1.54) is 44.1 Å². The molecule has 0 aliphatic heterocycles. The summed E-state index contributed by atoms with van der Waals surface area (Å²) in [5, 5.41) is 4.63. The molecule has 2 aliphatic rings. The maximum Gasteiger partial charge on any atom is 0.0408 e. The summed E-state index contributed by atoms with van der Waals surface area (Å²) in [5.41, 5.74) is 1.76. The number of halogens is 1. The monoisotopic (exact) mass is 277 g/mol. The van der Waals surface area contributed by atoms with Gasteiger partial charge in [-0.2, -0.15) is 0 Å². The molecule has 1 N–H and O–H groups in total. The molecule has 2 fully saturated rings. The van der Waals surface area contributed by atoms with E-state index in [1.807, 2.05) is 6.07 Å². The van der Waals surface area contributed by atoms with Gasteiger partial charge in [0, 0.05) is 23.0 Å². The Morgan fingerprint density at radius 1 is 1.21 bits per heavy atom. The fourth-order valence-corrected chi connectivity index (χ4v) is 3.52. The number of rotatable bonds is 4. The Morgan fingerprint density at radius 2 is 1.95 bits per heavy atom. The first-order valence-electron chi connectivity index (χ1n) is 7.67. The zero-order valence-corrected chi connectivity index (χ0v) is 12.5. The number of hydrogen-bond acceptors (Lipinski definition) is 1. The molecule has 2 aliphatic carbocycles. The van der Waals surface area contributed by atoms with Gasteiger partial charge in [-0.3, -0.25) is 0 Å². The van der Waals surface area contributed by atoms with Gasteiger partial charge in [0.15, 0.2) is 0 Å². The fraction of sp³-hybridized carbons (Fsp3) is 0.647. The minimum atomic E-state index is 0.319. The standard InChI is InChI=1S/C17H24ClN/c1-13-7-9-17(10-8-13,12-19-16-5-6-16)14-3-2-4-15(18)11-14/h2-4,11,13,16,19H,5-10,12H2,1H3. The Kier molecular flexibility index (Phi) is 3.86. The SMILES string of the molecule is CC1CCC(CNC2CC2)(c2cccc(Cl)c2)CC1. The third-order valence-electron chi connectivity index (χ3n) is 4.97. The van der Waals surface area contributed by atoms with Gasteiger partial charge in [0.1, 0.15) is 0 Å². The smallest absolute Gasteiger partial charge is 0.0408 e. The van der Waals surface area contributed by atoms with Gasteiger partial charge in [-0.25, -0.2) is 0 Å². The second-order valence-electron chi connectivity index (χ2n) is 6.63. The molecule has 0 amide bonds. The molecule has 0 spiro atoms. The fourth-order valence-electron chi connectivity index (χ4n) is 3.33. The lowest BCUT2D eigenvalue weighted by atomic mass is 9.67. The predicted molar refractivity (Wildman–Crippen MR) is 81.8 cm³/mol. The molecule has 0 atom stereocenters. The molecule has 0 saturated heterocycles. The van der Waals surface area contributed by atoms with Crippen LogP contribution in [-0.2, 0) is 5.41 Å². The molecule has 0 aromatic heterocycles. The molecule has 0 bridgehead atoms. The summed E-state index contributed by atoms with van der Waals surface area (Å²) in [4.78, 5) is 0. The average Bonchev–Trinajstić information content (AvgIpc) is 3.23. The van der Waals surface area contributed by atoms with Gasteiger partial charge in [-0.05, 0) is 62.1 Å². The summed E-state index contributed by atoms with van der Waals surface area (Å²) in [6.45, 7) is 3.51. The molecular weight excluding hydrogens is 254 g/mol. The zero-order chi connectivity index (χ0) is 13.3. The van der Waals surface area contributed by atoms with Crippen molar-refractivity contribution in [3.05, 3.63) is 34.9 Å². The van der Waals surface area contributed by atoms with Crippen molar-refractivity contribution in [2.24, 2.45) is 5.92 Å². The Bertz CT molecular complexity index is 431. The highest BCUT2D eigenvalue weighted by Crippen LogP contribution is 2.42. The highest BCUT2D eigenvalue weighted by molar-refractivity contribution is 6.30. The Balaban J connectivity index is 1.81. The summed E-state index contributed by atoms with van der Waals surface area (Å²) < 4.78 is 0. The third kappa shape index (κ3) is 3.14. The van der Waals surface area contributed by atoms with Crippen molar-refractivity contribution >= 4 is 11.6 Å². The molecule has 0 heterocycles. The average molecular weight is 278 g/mol. The summed E-state index contributed by atoms with van der Waals surface area (Å²) in [5.74, 6) is 0.883. The number of hydrogen-bond donors (Lipinski definition) is 1. The van der Waals surface area contributed by atoms with Crippen LogP contribution in [0.3, 0.4) is 0 Å². The Hall–Kier alpha value is -0.530. The van der Waals surface area contributed by atoms with Crippen molar-refractivity contribution in [1.82, 2.24) is 5.32 Å². The van der Waals surface area contributed by atoms with Gasteiger partial charge < -0.3 is 5.32 Å². The zero-order valence-electron chi connectivity index (χ0n) is 11.8. The second-order valence-corrected chi connectivity index (χ2v) is 7.06. The highest BCUT2D eigenvalue weighted by atomic mass is 35.5. The van der Waals surface area contributed by atoms with Gasteiger partial charge in [-0.1, -0.05) is 30.7 Å². The van der Waals surface area contributed by atoms with Crippen molar-refractivity contribution in [3.8, 4) is 0 Å².